The van der Waals surface area contributed by atoms with E-state index in [1.165, 1.54) is 0 Å². The third-order valence-electron chi connectivity index (χ3n) is 6.65. The maximum atomic E-state index is 13.5. The van der Waals surface area contributed by atoms with Gasteiger partial charge in [0.25, 0.3) is 5.91 Å². The van der Waals surface area contributed by atoms with Crippen LogP contribution < -0.4 is 5.32 Å². The molecule has 1 aliphatic carbocycles. The number of carbonyl (C=O) groups excluding carboxylic acids is 1. The molecule has 1 saturated carbocycles. The molecule has 5 rings (SSSR count). The smallest absolute Gasteiger partial charge is 0.251 e. The van der Waals surface area contributed by atoms with Crippen LogP contribution in [0.15, 0.2) is 48.9 Å². The largest absolute Gasteiger partial charge is 0.503 e. The summed E-state index contributed by atoms with van der Waals surface area (Å²) in [6, 6.07) is 10.0. The first-order valence-corrected chi connectivity index (χ1v) is 11.6. The predicted molar refractivity (Wildman–Crippen MR) is 127 cm³/mol. The van der Waals surface area contributed by atoms with Gasteiger partial charge < -0.3 is 10.4 Å². The number of aromatic nitrogens is 4. The first-order valence-electron chi connectivity index (χ1n) is 11.6. The molecule has 1 aliphatic rings. The van der Waals surface area contributed by atoms with Crippen molar-refractivity contribution in [1.29, 1.82) is 0 Å². The lowest BCUT2D eigenvalue weighted by molar-refractivity contribution is 0.0940. The van der Waals surface area contributed by atoms with Gasteiger partial charge in [-0.2, -0.15) is 5.10 Å². The zero-order chi connectivity index (χ0) is 24.5. The van der Waals surface area contributed by atoms with Crippen LogP contribution >= 0.6 is 0 Å². The fourth-order valence-corrected chi connectivity index (χ4v) is 4.64. The lowest BCUT2D eigenvalue weighted by atomic mass is 9.86. The van der Waals surface area contributed by atoms with E-state index in [0.717, 1.165) is 65.7 Å². The molecular weight excluding hydrogens is 452 g/mol. The second-order valence-electron chi connectivity index (χ2n) is 9.10. The number of amides is 1. The molecule has 0 radical (unpaired) electrons. The van der Waals surface area contributed by atoms with Crippen molar-refractivity contribution in [3.8, 4) is 17.0 Å². The minimum atomic E-state index is -1.15. The van der Waals surface area contributed by atoms with E-state index in [0.29, 0.717) is 6.54 Å². The Kier molecular flexibility index (Phi) is 6.15. The number of hydrogen-bond donors (Lipinski definition) is 2. The number of phenolic OH excluding ortho intramolecular Hbond substituents is 1. The van der Waals surface area contributed by atoms with Gasteiger partial charge in [0.15, 0.2) is 17.4 Å². The van der Waals surface area contributed by atoms with E-state index in [2.05, 4.69) is 27.5 Å². The molecule has 4 aromatic rings. The summed E-state index contributed by atoms with van der Waals surface area (Å²) in [5, 5.41) is 17.8. The predicted octanol–water partition coefficient (Wildman–Crippen LogP) is 4.95. The lowest BCUT2D eigenvalue weighted by Gasteiger charge is -2.28. The average Bonchev–Trinajstić information content (AvgIpc) is 3.29. The Balaban J connectivity index is 1.19. The molecule has 7 nitrogen and oxygen atoms in total. The Morgan fingerprint density at radius 2 is 1.83 bits per heavy atom. The normalized spacial score (nSPS) is 18.0. The number of rotatable bonds is 5. The highest BCUT2D eigenvalue weighted by Gasteiger charge is 2.24. The quantitative estimate of drug-likeness (QED) is 0.424. The summed E-state index contributed by atoms with van der Waals surface area (Å²) in [6.07, 6.45) is 7.31. The second kappa shape index (κ2) is 9.40. The monoisotopic (exact) mass is 477 g/mol. The summed E-state index contributed by atoms with van der Waals surface area (Å²) in [4.78, 5) is 20.8. The number of carbonyl (C=O) groups is 1. The molecule has 2 aromatic carbocycles. The van der Waals surface area contributed by atoms with Crippen LogP contribution in [0.3, 0.4) is 0 Å². The van der Waals surface area contributed by atoms with E-state index >= 15 is 0 Å². The fraction of sp³-hybridized carbons (Fsp3) is 0.308. The van der Waals surface area contributed by atoms with E-state index in [1.807, 2.05) is 29.8 Å². The first-order chi connectivity index (χ1) is 16.9. The highest BCUT2D eigenvalue weighted by Crippen LogP contribution is 2.33. The highest BCUT2D eigenvalue weighted by atomic mass is 19.1. The van der Waals surface area contributed by atoms with Gasteiger partial charge in [0, 0.05) is 34.9 Å². The SMILES string of the molecule is Cc1cc(-c2ccc3cn(C4CCC(CNC(=O)c5cc(F)c(O)c(F)c5)CC4)nc3c2)ncn1. The van der Waals surface area contributed by atoms with Crippen LogP contribution in [-0.4, -0.2) is 37.3 Å². The molecule has 35 heavy (non-hydrogen) atoms. The molecule has 0 bridgehead atoms. The number of aromatic hydroxyl groups is 1. The van der Waals surface area contributed by atoms with E-state index in [-0.39, 0.29) is 17.5 Å². The number of nitrogens with zero attached hydrogens (tertiary/aromatic N) is 4. The standard InChI is InChI=1S/C26H25F2N5O2/c1-15-8-23(31-14-30-15)17-4-5-18-13-33(32-24(18)11-17)20-6-2-16(3-7-20)12-29-26(35)19-9-21(27)25(34)22(28)10-19/h4-5,8-11,13-14,16,20,34H,2-3,6-7,12H2,1H3,(H,29,35). The lowest BCUT2D eigenvalue weighted by Crippen LogP contribution is -2.31. The second-order valence-corrected chi connectivity index (χ2v) is 9.10. The highest BCUT2D eigenvalue weighted by molar-refractivity contribution is 5.94. The van der Waals surface area contributed by atoms with Crippen molar-refractivity contribution in [2.24, 2.45) is 5.92 Å². The van der Waals surface area contributed by atoms with Crippen molar-refractivity contribution in [2.45, 2.75) is 38.6 Å². The van der Waals surface area contributed by atoms with Crippen molar-refractivity contribution in [1.82, 2.24) is 25.1 Å². The van der Waals surface area contributed by atoms with Gasteiger partial charge in [-0.1, -0.05) is 12.1 Å². The summed E-state index contributed by atoms with van der Waals surface area (Å²) < 4.78 is 29.1. The van der Waals surface area contributed by atoms with E-state index in [4.69, 9.17) is 5.10 Å². The van der Waals surface area contributed by atoms with Crippen LogP contribution in [0, 0.1) is 24.5 Å². The number of phenols is 1. The summed E-state index contributed by atoms with van der Waals surface area (Å²) in [6.45, 7) is 2.37. The van der Waals surface area contributed by atoms with E-state index in [9.17, 15) is 18.7 Å². The van der Waals surface area contributed by atoms with Crippen LogP contribution in [0.25, 0.3) is 22.2 Å². The van der Waals surface area contributed by atoms with Crippen molar-refractivity contribution in [2.75, 3.05) is 6.54 Å². The molecule has 2 N–H and O–H groups in total. The van der Waals surface area contributed by atoms with Crippen molar-refractivity contribution < 1.29 is 18.7 Å². The summed E-state index contributed by atoms with van der Waals surface area (Å²) in [7, 11) is 0. The Hall–Kier alpha value is -3.88. The number of benzene rings is 2. The van der Waals surface area contributed by atoms with Gasteiger partial charge in [-0.15, -0.1) is 0 Å². The van der Waals surface area contributed by atoms with Crippen LogP contribution in [0.2, 0.25) is 0 Å². The maximum absolute atomic E-state index is 13.5. The Labute approximate surface area is 200 Å². The number of halogens is 2. The van der Waals surface area contributed by atoms with Gasteiger partial charge in [-0.25, -0.2) is 18.7 Å². The van der Waals surface area contributed by atoms with Crippen LogP contribution in [-0.2, 0) is 0 Å². The first kappa shape index (κ1) is 22.9. The van der Waals surface area contributed by atoms with Crippen LogP contribution in [0.4, 0.5) is 8.78 Å². The van der Waals surface area contributed by atoms with Crippen molar-refractivity contribution >= 4 is 16.8 Å². The van der Waals surface area contributed by atoms with Crippen molar-refractivity contribution in [3.63, 3.8) is 0 Å². The van der Waals surface area contributed by atoms with Gasteiger partial charge in [0.2, 0.25) is 0 Å². The number of aryl methyl sites for hydroxylation is 1. The molecule has 1 fully saturated rings. The van der Waals surface area contributed by atoms with Gasteiger partial charge in [0.05, 0.1) is 17.3 Å². The zero-order valence-electron chi connectivity index (χ0n) is 19.2. The molecule has 180 valence electrons. The number of hydrogen-bond acceptors (Lipinski definition) is 5. The van der Waals surface area contributed by atoms with Crippen molar-refractivity contribution in [3.05, 3.63) is 71.8 Å². The Morgan fingerprint density at radius 3 is 2.54 bits per heavy atom. The summed E-state index contributed by atoms with van der Waals surface area (Å²) >= 11 is 0. The minimum absolute atomic E-state index is 0.147. The average molecular weight is 478 g/mol. The zero-order valence-corrected chi connectivity index (χ0v) is 19.2. The molecule has 2 heterocycles. The van der Waals surface area contributed by atoms with Gasteiger partial charge in [-0.05, 0) is 62.8 Å². The molecule has 0 spiro atoms. The third kappa shape index (κ3) is 4.84. The maximum Gasteiger partial charge on any atom is 0.251 e. The van der Waals surface area contributed by atoms with Gasteiger partial charge >= 0.3 is 0 Å². The molecule has 0 aliphatic heterocycles. The van der Waals surface area contributed by atoms with E-state index < -0.39 is 23.3 Å². The fourth-order valence-electron chi connectivity index (χ4n) is 4.64. The van der Waals surface area contributed by atoms with Crippen LogP contribution in [0.1, 0.15) is 47.8 Å². The molecule has 0 unspecified atom stereocenters. The summed E-state index contributed by atoms with van der Waals surface area (Å²) in [5.41, 5.74) is 3.55. The van der Waals surface area contributed by atoms with Crippen LogP contribution in [0.5, 0.6) is 5.75 Å². The number of fused-ring (bicyclic) bond motifs is 1. The molecule has 9 heteroatoms. The molecule has 0 atom stereocenters. The molecule has 2 aromatic heterocycles. The van der Waals surface area contributed by atoms with Gasteiger partial charge in [-0.3, -0.25) is 9.48 Å². The number of nitrogens with one attached hydrogen (secondary N) is 1. The molecular formula is C26H25F2N5O2. The Morgan fingerprint density at radius 1 is 1.09 bits per heavy atom. The summed E-state index contributed by atoms with van der Waals surface area (Å²) in [5.74, 6) is -3.66. The third-order valence-corrected chi connectivity index (χ3v) is 6.65. The van der Waals surface area contributed by atoms with E-state index in [1.54, 1.807) is 6.33 Å². The molecule has 1 amide bonds. The Bertz CT molecular complexity index is 1370. The topological polar surface area (TPSA) is 92.9 Å². The van der Waals surface area contributed by atoms with Gasteiger partial charge in [0.1, 0.15) is 6.33 Å². The molecule has 0 saturated heterocycles. The minimum Gasteiger partial charge on any atom is -0.503 e.